The normalized spacial score (nSPS) is 16.1. The zero-order valence-electron chi connectivity index (χ0n) is 39.1. The van der Waals surface area contributed by atoms with Crippen LogP contribution in [0.4, 0.5) is 9.59 Å². The predicted molar refractivity (Wildman–Crippen MR) is 251 cm³/mol. The van der Waals surface area contributed by atoms with E-state index in [4.69, 9.17) is 61.6 Å². The van der Waals surface area contributed by atoms with Crippen molar-refractivity contribution >= 4 is 54.1 Å². The van der Waals surface area contributed by atoms with Gasteiger partial charge in [0.05, 0.1) is 41.0 Å². The van der Waals surface area contributed by atoms with Crippen molar-refractivity contribution in [2.45, 2.75) is 24.4 Å². The van der Waals surface area contributed by atoms with E-state index >= 15 is 0 Å². The third-order valence-corrected chi connectivity index (χ3v) is 10.4. The average molecular weight is 1030 g/mol. The number of fused-ring (bicyclic) bond motifs is 1. The van der Waals surface area contributed by atoms with Gasteiger partial charge in [0.15, 0.2) is 12.2 Å². The summed E-state index contributed by atoms with van der Waals surface area (Å²) in [6.07, 6.45) is -3.30. The van der Waals surface area contributed by atoms with Gasteiger partial charge < -0.3 is 61.6 Å². The van der Waals surface area contributed by atoms with E-state index in [0.717, 1.165) is 12.2 Å². The lowest BCUT2D eigenvalue weighted by Crippen LogP contribution is -2.36. The Morgan fingerprint density at radius 2 is 0.627 bits per heavy atom. The molecule has 22 heteroatoms. The molecule has 75 heavy (non-hydrogen) atoms. The molecule has 386 valence electrons. The highest BCUT2D eigenvalue weighted by molar-refractivity contribution is 5.94. The van der Waals surface area contributed by atoms with E-state index in [1.165, 1.54) is 121 Å². The van der Waals surface area contributed by atoms with Crippen molar-refractivity contribution in [1.82, 2.24) is 0 Å². The average Bonchev–Trinajstić information content (AvgIpc) is 4.01. The highest BCUT2D eigenvalue weighted by Gasteiger charge is 2.51. The van der Waals surface area contributed by atoms with Crippen molar-refractivity contribution < 1.29 is 105 Å². The van der Waals surface area contributed by atoms with Gasteiger partial charge in [-0.15, -0.1) is 0 Å². The van der Waals surface area contributed by atoms with E-state index in [0.29, 0.717) is 0 Å². The lowest BCUT2D eigenvalue weighted by Gasteiger charge is -2.17. The number of hydrogen-bond donors (Lipinski definition) is 0. The summed E-state index contributed by atoms with van der Waals surface area (Å²) in [5.41, 5.74) is 0.650. The lowest BCUT2D eigenvalue weighted by atomic mass is 10.1. The SMILES string of the molecule is C=CC(=O)OCCOC(=O)Oc1ccc(C(=O)Oc2ccc(C(=O)Oc3ccc(C(=O)O[C@@H]4CO[C@@H]5[C@H]4OC[C@H]5OC(=O)c4ccc(OC(=O)c5ccc(OC(=O)OCCOC(=O)C=C)cc5)cc4)cc3)cc2)cc1. The van der Waals surface area contributed by atoms with Crippen molar-refractivity contribution in [3.8, 4) is 28.7 Å². The minimum absolute atomic E-state index is 0.0356. The van der Waals surface area contributed by atoms with Crippen LogP contribution in [0, 0.1) is 0 Å². The number of rotatable bonds is 20. The van der Waals surface area contributed by atoms with E-state index in [1.807, 2.05) is 0 Å². The molecule has 2 saturated heterocycles. The summed E-state index contributed by atoms with van der Waals surface area (Å²) >= 11 is 0. The fourth-order valence-electron chi connectivity index (χ4n) is 6.74. The first-order chi connectivity index (χ1) is 36.2. The van der Waals surface area contributed by atoms with Gasteiger partial charge in [-0.25, -0.2) is 43.2 Å². The Kier molecular flexibility index (Phi) is 18.2. The zero-order valence-corrected chi connectivity index (χ0v) is 39.1. The Morgan fingerprint density at radius 3 is 0.907 bits per heavy atom. The molecule has 0 radical (unpaired) electrons. The third kappa shape index (κ3) is 15.2. The molecule has 5 aromatic rings. The van der Waals surface area contributed by atoms with Crippen molar-refractivity contribution in [3.63, 3.8) is 0 Å². The van der Waals surface area contributed by atoms with Gasteiger partial charge in [0.2, 0.25) is 0 Å². The van der Waals surface area contributed by atoms with E-state index in [-0.39, 0.29) is 96.2 Å². The first kappa shape index (κ1) is 53.1. The summed E-state index contributed by atoms with van der Waals surface area (Å²) in [6, 6.07) is 27.5. The molecule has 7 rings (SSSR count). The van der Waals surface area contributed by atoms with Crippen LogP contribution < -0.4 is 23.7 Å². The Balaban J connectivity index is 0.801. The van der Waals surface area contributed by atoms with E-state index in [1.54, 1.807) is 0 Å². The van der Waals surface area contributed by atoms with Gasteiger partial charge in [-0.05, 0) is 121 Å². The van der Waals surface area contributed by atoms with Crippen molar-refractivity contribution in [1.29, 1.82) is 0 Å². The second kappa shape index (κ2) is 25.6. The number of hydrogen-bond acceptors (Lipinski definition) is 22. The molecule has 4 atom stereocenters. The molecular weight excluding hydrogens is 989 g/mol. The quantitative estimate of drug-likeness (QED) is 0.0204. The van der Waals surface area contributed by atoms with Crippen LogP contribution in [0.2, 0.25) is 0 Å². The standard InChI is InChI=1S/C53H42O22/c1-3-43(54)63-25-27-65-52(61)72-39-21-11-32(12-22-39)48(57)69-36-15-5-31(6-16-36)47(56)70-37-17-7-34(8-18-37)50(59)74-41-29-67-46-42(30-68-45(41)46)75-51(60)35-9-19-38(20-10-35)71-49(58)33-13-23-40(24-14-33)73-53(62)66-28-26-64-44(55)4-2/h3-24,41-42,45-46H,1-2,25-30H2/t41-,42-,45+,46+/m1/s1. The number of carbonyl (C=O) groups excluding carboxylic acids is 9. The molecular formula is C53H42O22. The number of benzene rings is 5. The molecule has 2 aliphatic heterocycles. The minimum Gasteiger partial charge on any atom is -0.459 e. The summed E-state index contributed by atoms with van der Waals surface area (Å²) in [4.78, 5) is 110. The minimum atomic E-state index is -1.05. The fourth-order valence-corrected chi connectivity index (χ4v) is 6.74. The third-order valence-electron chi connectivity index (χ3n) is 10.4. The molecule has 0 bridgehead atoms. The second-order valence-electron chi connectivity index (χ2n) is 15.4. The molecule has 0 amide bonds. The highest BCUT2D eigenvalue weighted by Crippen LogP contribution is 2.32. The van der Waals surface area contributed by atoms with Gasteiger partial charge >= 0.3 is 54.1 Å². The lowest BCUT2D eigenvalue weighted by molar-refractivity contribution is -0.139. The first-order valence-electron chi connectivity index (χ1n) is 22.3. The van der Waals surface area contributed by atoms with E-state index in [9.17, 15) is 43.2 Å². The van der Waals surface area contributed by atoms with Gasteiger partial charge in [0, 0.05) is 12.2 Å². The van der Waals surface area contributed by atoms with Gasteiger partial charge in [-0.2, -0.15) is 0 Å². The molecule has 0 aliphatic carbocycles. The summed E-state index contributed by atoms with van der Waals surface area (Å²) in [5, 5.41) is 0. The van der Waals surface area contributed by atoms with Crippen LogP contribution in [-0.4, -0.2) is 118 Å². The van der Waals surface area contributed by atoms with Gasteiger partial charge in [-0.3, -0.25) is 0 Å². The number of carbonyl (C=O) groups is 9. The number of esters is 7. The summed E-state index contributed by atoms with van der Waals surface area (Å²) in [5.74, 6) is -4.46. The topological polar surface area (TPSA) is 274 Å². The monoisotopic (exact) mass is 1030 g/mol. The Labute approximate surface area is 425 Å². The van der Waals surface area contributed by atoms with Crippen LogP contribution in [0.15, 0.2) is 147 Å². The Morgan fingerprint density at radius 1 is 0.373 bits per heavy atom. The first-order valence-corrected chi connectivity index (χ1v) is 22.3. The molecule has 5 aromatic carbocycles. The van der Waals surface area contributed by atoms with Gasteiger partial charge in [-0.1, -0.05) is 13.2 Å². The molecule has 0 spiro atoms. The van der Waals surface area contributed by atoms with E-state index in [2.05, 4.69) is 13.2 Å². The van der Waals surface area contributed by atoms with Crippen LogP contribution in [-0.2, 0) is 47.5 Å². The zero-order chi connectivity index (χ0) is 53.3. The number of ether oxygens (including phenoxy) is 13. The van der Waals surface area contributed by atoms with Crippen molar-refractivity contribution in [2.24, 2.45) is 0 Å². The van der Waals surface area contributed by atoms with Crippen molar-refractivity contribution in [2.75, 3.05) is 39.6 Å². The molecule has 22 nitrogen and oxygen atoms in total. The Bertz CT molecular complexity index is 2910. The summed E-state index contributed by atoms with van der Waals surface area (Å²) < 4.78 is 68.2. The molecule has 2 aliphatic rings. The second-order valence-corrected chi connectivity index (χ2v) is 15.4. The molecule has 0 aromatic heterocycles. The van der Waals surface area contributed by atoms with Crippen molar-refractivity contribution in [3.05, 3.63) is 174 Å². The van der Waals surface area contributed by atoms with Crippen LogP contribution in [0.3, 0.4) is 0 Å². The summed E-state index contributed by atoms with van der Waals surface area (Å²) in [7, 11) is 0. The maximum Gasteiger partial charge on any atom is 0.513 e. The maximum absolute atomic E-state index is 13.1. The van der Waals surface area contributed by atoms with Crippen LogP contribution >= 0.6 is 0 Å². The smallest absolute Gasteiger partial charge is 0.459 e. The van der Waals surface area contributed by atoms with Crippen LogP contribution in [0.25, 0.3) is 0 Å². The molecule has 0 N–H and O–H groups in total. The molecule has 2 fully saturated rings. The highest BCUT2D eigenvalue weighted by atomic mass is 16.7. The van der Waals surface area contributed by atoms with Gasteiger partial charge in [0.25, 0.3) is 0 Å². The largest absolute Gasteiger partial charge is 0.513 e. The van der Waals surface area contributed by atoms with E-state index < -0.39 is 78.5 Å². The molecule has 2 heterocycles. The summed E-state index contributed by atoms with van der Waals surface area (Å²) in [6.45, 7) is 5.57. The van der Waals surface area contributed by atoms with Crippen LogP contribution in [0.5, 0.6) is 28.7 Å². The predicted octanol–water partition coefficient (Wildman–Crippen LogP) is 6.38. The molecule has 0 unspecified atom stereocenters. The Hall–Kier alpha value is -9.67. The fraction of sp³-hybridized carbons (Fsp3) is 0.189. The van der Waals surface area contributed by atoms with Gasteiger partial charge in [0.1, 0.15) is 67.4 Å². The van der Waals surface area contributed by atoms with Crippen LogP contribution in [0.1, 0.15) is 51.8 Å². The maximum atomic E-state index is 13.1. The molecule has 0 saturated carbocycles.